The van der Waals surface area contributed by atoms with Gasteiger partial charge in [-0.1, -0.05) is 81.8 Å². The Balaban J connectivity index is 1.46. The molecule has 0 aliphatic carbocycles. The summed E-state index contributed by atoms with van der Waals surface area (Å²) < 4.78 is 17.8. The van der Waals surface area contributed by atoms with E-state index in [0.717, 1.165) is 17.4 Å². The molecule has 0 saturated carbocycles. The molecule has 1 aliphatic heterocycles. The molecular weight excluding hydrogens is 598 g/mol. The topological polar surface area (TPSA) is 111 Å². The number of Topliss-reactive ketones (excluding diaryl/α,β-unsaturated/α-hetero) is 1. The van der Waals surface area contributed by atoms with Crippen molar-refractivity contribution in [2.45, 2.75) is 77.4 Å². The second-order valence-electron chi connectivity index (χ2n) is 12.6. The van der Waals surface area contributed by atoms with Gasteiger partial charge in [-0.3, -0.25) is 14.5 Å². The van der Waals surface area contributed by atoms with E-state index in [2.05, 4.69) is 51.1 Å². The average molecular weight is 640 g/mol. The molecule has 1 aromatic heterocycles. The van der Waals surface area contributed by atoms with Gasteiger partial charge in [0.25, 0.3) is 11.8 Å². The van der Waals surface area contributed by atoms with Crippen LogP contribution in [0.25, 0.3) is 0 Å². The molecule has 0 bridgehead atoms. The van der Waals surface area contributed by atoms with Gasteiger partial charge < -0.3 is 18.9 Å². The number of rotatable bonds is 12. The van der Waals surface area contributed by atoms with E-state index in [9.17, 15) is 14.4 Å². The first-order valence-electron chi connectivity index (χ1n) is 15.0. The number of oxazole rings is 1. The normalized spacial score (nSPS) is 17.1. The molecule has 44 heavy (non-hydrogen) atoms. The van der Waals surface area contributed by atoms with Gasteiger partial charge in [0.1, 0.15) is 18.9 Å². The van der Waals surface area contributed by atoms with Crippen LogP contribution in [0, 0.1) is 5.92 Å². The molecule has 1 N–H and O–H groups in total. The van der Waals surface area contributed by atoms with E-state index in [1.165, 1.54) is 4.90 Å². The average Bonchev–Trinajstić information content (AvgIpc) is 3.65. The van der Waals surface area contributed by atoms with E-state index in [1.54, 1.807) is 12.1 Å². The van der Waals surface area contributed by atoms with Gasteiger partial charge in [0.2, 0.25) is 5.78 Å². The van der Waals surface area contributed by atoms with Gasteiger partial charge in [-0.05, 0) is 53.7 Å². The first-order chi connectivity index (χ1) is 20.8. The molecule has 1 aliphatic rings. The lowest BCUT2D eigenvalue weighted by Crippen LogP contribution is -2.48. The van der Waals surface area contributed by atoms with Crippen molar-refractivity contribution in [2.24, 2.45) is 5.92 Å². The summed E-state index contributed by atoms with van der Waals surface area (Å²) >= 11 is 5.93. The van der Waals surface area contributed by atoms with Crippen molar-refractivity contribution in [1.29, 1.82) is 0 Å². The molecule has 1 saturated heterocycles. The van der Waals surface area contributed by atoms with Crippen molar-refractivity contribution in [1.82, 2.24) is 15.2 Å². The Labute approximate surface area is 265 Å². The fourth-order valence-electron chi connectivity index (χ4n) is 5.09. The Morgan fingerprint density at radius 3 is 2.43 bits per heavy atom. The zero-order chi connectivity index (χ0) is 32.1. The monoisotopic (exact) mass is 639 g/mol. The Kier molecular flexibility index (Phi) is 10.7. The lowest BCUT2D eigenvalue weighted by molar-refractivity contribution is 0.0707. The van der Waals surface area contributed by atoms with Gasteiger partial charge in [-0.25, -0.2) is 9.78 Å². The van der Waals surface area contributed by atoms with E-state index in [-0.39, 0.29) is 42.3 Å². The Morgan fingerprint density at radius 1 is 1.09 bits per heavy atom. The van der Waals surface area contributed by atoms with Crippen LogP contribution in [0.3, 0.4) is 0 Å². The van der Waals surface area contributed by atoms with Crippen LogP contribution in [0.5, 0.6) is 0 Å². The Hall–Kier alpha value is -3.47. The highest BCUT2D eigenvalue weighted by molar-refractivity contribution is 6.74. The number of carbonyl (C=O) groups is 3. The number of ether oxygens (including phenoxy) is 1. The first-order valence-corrected chi connectivity index (χ1v) is 18.2. The molecule has 0 radical (unpaired) electrons. The summed E-state index contributed by atoms with van der Waals surface area (Å²) in [5.74, 6) is -0.816. The van der Waals surface area contributed by atoms with E-state index >= 15 is 0 Å². The van der Waals surface area contributed by atoms with Gasteiger partial charge in [0, 0.05) is 24.5 Å². The second kappa shape index (κ2) is 14.1. The fourth-order valence-corrected chi connectivity index (χ4v) is 7.92. The molecule has 2 amide bonds. The molecule has 1 unspecified atom stereocenters. The molecule has 2 aromatic carbocycles. The number of hydrogen-bond donors (Lipinski definition) is 1. The van der Waals surface area contributed by atoms with Gasteiger partial charge in [-0.2, -0.15) is 0 Å². The maximum absolute atomic E-state index is 13.7. The summed E-state index contributed by atoms with van der Waals surface area (Å²) in [6.45, 7) is 13.8. The summed E-state index contributed by atoms with van der Waals surface area (Å²) in [6, 6.07) is 15.8. The first kappa shape index (κ1) is 33.4. The van der Waals surface area contributed by atoms with Gasteiger partial charge in [-0.15, -0.1) is 0 Å². The smallest absolute Gasteiger partial charge is 0.410 e. The van der Waals surface area contributed by atoms with Crippen LogP contribution in [0.4, 0.5) is 4.79 Å². The highest BCUT2D eigenvalue weighted by atomic mass is 35.5. The maximum atomic E-state index is 13.7. The fraction of sp³-hybridized carbons (Fsp3) is 0.455. The van der Waals surface area contributed by atoms with Crippen LogP contribution in [-0.4, -0.2) is 61.2 Å². The zero-order valence-corrected chi connectivity index (χ0v) is 28.0. The van der Waals surface area contributed by atoms with E-state index < -0.39 is 32.1 Å². The van der Waals surface area contributed by atoms with Crippen molar-refractivity contribution < 1.29 is 28.0 Å². The number of ketones is 1. The summed E-state index contributed by atoms with van der Waals surface area (Å²) in [6.07, 6.45) is 1.05. The third-order valence-electron chi connectivity index (χ3n) is 9.02. The summed E-state index contributed by atoms with van der Waals surface area (Å²) in [7, 11) is -2.28. The Morgan fingerprint density at radius 2 is 1.77 bits per heavy atom. The summed E-state index contributed by atoms with van der Waals surface area (Å²) in [5, 5.41) is 3.39. The number of benzene rings is 2. The number of amides is 2. The van der Waals surface area contributed by atoms with Crippen molar-refractivity contribution in [3.63, 3.8) is 0 Å². The molecule has 236 valence electrons. The molecule has 3 aromatic rings. The van der Waals surface area contributed by atoms with Crippen molar-refractivity contribution in [3.8, 4) is 0 Å². The van der Waals surface area contributed by atoms with Crippen LogP contribution in [0.15, 0.2) is 65.3 Å². The number of halogens is 1. The van der Waals surface area contributed by atoms with Crippen molar-refractivity contribution >= 4 is 37.7 Å². The maximum Gasteiger partial charge on any atom is 0.410 e. The quantitative estimate of drug-likeness (QED) is 0.169. The van der Waals surface area contributed by atoms with Crippen LogP contribution in [0.1, 0.15) is 66.4 Å². The van der Waals surface area contributed by atoms with Crippen LogP contribution in [-0.2, 0) is 22.2 Å². The van der Waals surface area contributed by atoms with E-state index in [4.69, 9.17) is 25.2 Å². The molecule has 2 atom stereocenters. The van der Waals surface area contributed by atoms with Crippen LogP contribution < -0.4 is 5.32 Å². The molecule has 2 heterocycles. The minimum Gasteiger partial charge on any atom is -0.445 e. The minimum absolute atomic E-state index is 0.0133. The number of nitrogens with one attached hydrogen (secondary N) is 1. The van der Waals surface area contributed by atoms with Gasteiger partial charge >= 0.3 is 6.09 Å². The van der Waals surface area contributed by atoms with Crippen molar-refractivity contribution in [2.75, 3.05) is 13.1 Å². The minimum atomic E-state index is -2.28. The highest BCUT2D eigenvalue weighted by Gasteiger charge is 2.49. The molecular formula is C33H42ClN3O6Si. The molecule has 4 rings (SSSR count). The standard InChI is InChI=1S/C33H42ClN3O6Si/c1-22(2)33(3,4)44(5,6)43-26-18-28(37(19-26)32(40)42-20-24-10-8-7-9-11-24)29(38)31-36-27(21-41-31)30(39)35-17-16-23-12-14-25(34)15-13-23/h7-15,21-22,26,28H,16-20H2,1-6H3,(H,35,39)/t26?,28-/m1/s1. The number of hydrogen-bond acceptors (Lipinski definition) is 7. The summed E-state index contributed by atoms with van der Waals surface area (Å²) in [4.78, 5) is 45.4. The number of aromatic nitrogens is 1. The van der Waals surface area contributed by atoms with Gasteiger partial charge in [0.05, 0.1) is 6.10 Å². The molecule has 1 fully saturated rings. The predicted octanol–water partition coefficient (Wildman–Crippen LogP) is 6.92. The highest BCUT2D eigenvalue weighted by Crippen LogP contribution is 2.46. The molecule has 9 nitrogen and oxygen atoms in total. The Bertz CT molecular complexity index is 1440. The number of likely N-dealkylation sites (tertiary alicyclic amines) is 1. The second-order valence-corrected chi connectivity index (χ2v) is 17.6. The number of carbonyl (C=O) groups excluding carboxylic acids is 3. The van der Waals surface area contributed by atoms with E-state index in [0.29, 0.717) is 23.9 Å². The van der Waals surface area contributed by atoms with E-state index in [1.807, 2.05) is 42.5 Å². The van der Waals surface area contributed by atoms with Crippen molar-refractivity contribution in [3.05, 3.63) is 88.6 Å². The lowest BCUT2D eigenvalue weighted by Gasteiger charge is -2.44. The largest absolute Gasteiger partial charge is 0.445 e. The van der Waals surface area contributed by atoms with Crippen LogP contribution >= 0.6 is 11.6 Å². The zero-order valence-electron chi connectivity index (χ0n) is 26.3. The third kappa shape index (κ3) is 7.97. The SMILES string of the molecule is CC(C)C(C)(C)[Si](C)(C)OC1C[C@H](C(=O)c2nc(C(=O)NCCc3ccc(Cl)cc3)co2)N(C(=O)OCc2ccccc2)C1. The van der Waals surface area contributed by atoms with Crippen LogP contribution in [0.2, 0.25) is 23.2 Å². The molecule has 0 spiro atoms. The number of nitrogens with zero attached hydrogens (tertiary/aromatic N) is 2. The predicted molar refractivity (Wildman–Crippen MR) is 171 cm³/mol. The van der Waals surface area contributed by atoms with Gasteiger partial charge in [0.15, 0.2) is 14.0 Å². The third-order valence-corrected chi connectivity index (χ3v) is 13.9. The summed E-state index contributed by atoms with van der Waals surface area (Å²) in [5.41, 5.74) is 1.84. The molecule has 11 heteroatoms. The lowest BCUT2D eigenvalue weighted by atomic mass is 9.99.